The van der Waals surface area contributed by atoms with E-state index in [1.54, 1.807) is 0 Å². The van der Waals surface area contributed by atoms with Crippen molar-refractivity contribution in [3.8, 4) is 0 Å². The van der Waals surface area contributed by atoms with Gasteiger partial charge < -0.3 is 10.2 Å². The van der Waals surface area contributed by atoms with E-state index >= 15 is 0 Å². The molecule has 0 aliphatic carbocycles. The Labute approximate surface area is 120 Å². The summed E-state index contributed by atoms with van der Waals surface area (Å²) in [6.07, 6.45) is 0. The van der Waals surface area contributed by atoms with Crippen LogP contribution in [-0.2, 0) is 6.54 Å². The Bertz CT molecular complexity index is 644. The molecule has 0 bridgehead atoms. The molecule has 0 saturated heterocycles. The fraction of sp³-hybridized carbons (Fsp3) is 0.133. The number of carbonyl (C=O) groups excluding carboxylic acids is 1. The maximum Gasteiger partial charge on any atom is 0.321 e. The second-order valence-corrected chi connectivity index (χ2v) is 4.53. The molecule has 2 aromatic rings. The van der Waals surface area contributed by atoms with Gasteiger partial charge in [0.1, 0.15) is 17.5 Å². The van der Waals surface area contributed by atoms with Crippen LogP contribution >= 0.6 is 0 Å². The van der Waals surface area contributed by atoms with Crippen LogP contribution in [0.3, 0.4) is 0 Å². The van der Waals surface area contributed by atoms with E-state index in [1.807, 2.05) is 0 Å². The summed E-state index contributed by atoms with van der Waals surface area (Å²) in [6.45, 7) is -0.0147. The van der Waals surface area contributed by atoms with Crippen LogP contribution in [0.1, 0.15) is 5.56 Å². The van der Waals surface area contributed by atoms with Crippen molar-refractivity contribution in [2.24, 2.45) is 0 Å². The van der Waals surface area contributed by atoms with Gasteiger partial charge in [-0.25, -0.2) is 18.0 Å². The third kappa shape index (κ3) is 3.98. The number of nitrogens with zero attached hydrogens (tertiary/aromatic N) is 1. The van der Waals surface area contributed by atoms with E-state index in [0.717, 1.165) is 12.1 Å². The molecule has 0 radical (unpaired) electrons. The number of nitrogens with one attached hydrogen (secondary N) is 1. The van der Waals surface area contributed by atoms with Gasteiger partial charge in [-0.05, 0) is 30.3 Å². The van der Waals surface area contributed by atoms with Crippen molar-refractivity contribution in [3.05, 3.63) is 65.5 Å². The Kier molecular flexibility index (Phi) is 4.47. The van der Waals surface area contributed by atoms with E-state index in [0.29, 0.717) is 5.69 Å². The van der Waals surface area contributed by atoms with E-state index in [-0.39, 0.29) is 12.1 Å². The molecular formula is C15H13F3N2O. The van der Waals surface area contributed by atoms with Gasteiger partial charge >= 0.3 is 6.03 Å². The monoisotopic (exact) mass is 294 g/mol. The van der Waals surface area contributed by atoms with E-state index in [2.05, 4.69) is 5.32 Å². The summed E-state index contributed by atoms with van der Waals surface area (Å²) in [5.74, 6) is -1.79. The molecule has 2 aromatic carbocycles. The van der Waals surface area contributed by atoms with Gasteiger partial charge in [-0.15, -0.1) is 0 Å². The molecule has 0 atom stereocenters. The SMILES string of the molecule is CN(Cc1ccc(F)cc1F)C(=O)Nc1ccc(F)cc1. The fourth-order valence-corrected chi connectivity index (χ4v) is 1.73. The summed E-state index contributed by atoms with van der Waals surface area (Å²) in [7, 11) is 1.47. The molecule has 2 amide bonds. The standard InChI is InChI=1S/C15H13F3N2O/c1-20(9-10-2-3-12(17)8-14(10)18)15(21)19-13-6-4-11(16)5-7-13/h2-8H,9H2,1H3,(H,19,21). The van der Waals surface area contributed by atoms with E-state index < -0.39 is 23.5 Å². The average molecular weight is 294 g/mol. The summed E-state index contributed by atoms with van der Waals surface area (Å²) in [5, 5.41) is 2.54. The van der Waals surface area contributed by atoms with Crippen molar-refractivity contribution in [2.75, 3.05) is 12.4 Å². The lowest BCUT2D eigenvalue weighted by Gasteiger charge is -2.18. The van der Waals surface area contributed by atoms with Gasteiger partial charge in [-0.2, -0.15) is 0 Å². The summed E-state index contributed by atoms with van der Waals surface area (Å²) in [4.78, 5) is 13.1. The first-order valence-corrected chi connectivity index (χ1v) is 6.17. The lowest BCUT2D eigenvalue weighted by molar-refractivity contribution is 0.220. The van der Waals surface area contributed by atoms with E-state index in [1.165, 1.54) is 42.3 Å². The van der Waals surface area contributed by atoms with Crippen LogP contribution in [0.15, 0.2) is 42.5 Å². The van der Waals surface area contributed by atoms with Gasteiger partial charge in [0.2, 0.25) is 0 Å². The largest absolute Gasteiger partial charge is 0.323 e. The molecule has 110 valence electrons. The van der Waals surface area contributed by atoms with Crippen LogP contribution in [-0.4, -0.2) is 18.0 Å². The molecule has 0 aliphatic heterocycles. The van der Waals surface area contributed by atoms with Crippen molar-refractivity contribution < 1.29 is 18.0 Å². The highest BCUT2D eigenvalue weighted by atomic mass is 19.1. The van der Waals surface area contributed by atoms with Crippen molar-refractivity contribution in [2.45, 2.75) is 6.54 Å². The predicted octanol–water partition coefficient (Wildman–Crippen LogP) is 3.77. The van der Waals surface area contributed by atoms with Crippen LogP contribution in [0.5, 0.6) is 0 Å². The first-order valence-electron chi connectivity index (χ1n) is 6.17. The summed E-state index contributed by atoms with van der Waals surface area (Å²) in [6, 6.07) is 7.96. The first-order chi connectivity index (χ1) is 9.95. The lowest BCUT2D eigenvalue weighted by Crippen LogP contribution is -2.31. The minimum atomic E-state index is -0.712. The zero-order valence-electron chi connectivity index (χ0n) is 11.2. The van der Waals surface area contributed by atoms with Crippen LogP contribution in [0.25, 0.3) is 0 Å². The molecule has 0 aliphatic rings. The molecule has 2 rings (SSSR count). The summed E-state index contributed by atoms with van der Waals surface area (Å²) < 4.78 is 39.1. The molecule has 0 spiro atoms. The summed E-state index contributed by atoms with van der Waals surface area (Å²) >= 11 is 0. The van der Waals surface area contributed by atoms with Crippen LogP contribution in [0.4, 0.5) is 23.7 Å². The van der Waals surface area contributed by atoms with Gasteiger partial charge in [0.25, 0.3) is 0 Å². The van der Waals surface area contributed by atoms with Crippen LogP contribution in [0.2, 0.25) is 0 Å². The quantitative estimate of drug-likeness (QED) is 0.918. The summed E-state index contributed by atoms with van der Waals surface area (Å²) in [5.41, 5.74) is 0.626. The minimum Gasteiger partial charge on any atom is -0.323 e. The molecule has 1 N–H and O–H groups in total. The van der Waals surface area contributed by atoms with Gasteiger partial charge in [0.05, 0.1) is 0 Å². The Balaban J connectivity index is 2.00. The third-order valence-electron chi connectivity index (χ3n) is 2.86. The normalized spacial score (nSPS) is 10.3. The Morgan fingerprint density at radius 3 is 2.29 bits per heavy atom. The highest BCUT2D eigenvalue weighted by molar-refractivity contribution is 5.89. The second kappa shape index (κ2) is 6.30. The number of benzene rings is 2. The number of rotatable bonds is 3. The van der Waals surface area contributed by atoms with Crippen molar-refractivity contribution >= 4 is 11.7 Å². The van der Waals surface area contributed by atoms with Crippen molar-refractivity contribution in [1.82, 2.24) is 4.90 Å². The number of hydrogen-bond donors (Lipinski definition) is 1. The Hall–Kier alpha value is -2.50. The molecule has 0 saturated carbocycles. The van der Waals surface area contributed by atoms with Crippen molar-refractivity contribution in [3.63, 3.8) is 0 Å². The maximum absolute atomic E-state index is 13.5. The van der Waals surface area contributed by atoms with Gasteiger partial charge in [-0.1, -0.05) is 6.07 Å². The highest BCUT2D eigenvalue weighted by Crippen LogP contribution is 2.13. The second-order valence-electron chi connectivity index (χ2n) is 4.53. The van der Waals surface area contributed by atoms with Gasteiger partial charge in [0.15, 0.2) is 0 Å². The molecule has 21 heavy (non-hydrogen) atoms. The number of carbonyl (C=O) groups is 1. The first kappa shape index (κ1) is 14.9. The number of hydrogen-bond acceptors (Lipinski definition) is 1. The smallest absolute Gasteiger partial charge is 0.321 e. The number of urea groups is 1. The Morgan fingerprint density at radius 2 is 1.67 bits per heavy atom. The minimum absolute atomic E-state index is 0.0147. The molecular weight excluding hydrogens is 281 g/mol. The number of anilines is 1. The van der Waals surface area contributed by atoms with Gasteiger partial charge in [0, 0.05) is 30.9 Å². The fourth-order valence-electron chi connectivity index (χ4n) is 1.73. The van der Waals surface area contributed by atoms with E-state index in [9.17, 15) is 18.0 Å². The third-order valence-corrected chi connectivity index (χ3v) is 2.86. The van der Waals surface area contributed by atoms with Crippen molar-refractivity contribution in [1.29, 1.82) is 0 Å². The Morgan fingerprint density at radius 1 is 1.05 bits per heavy atom. The topological polar surface area (TPSA) is 32.3 Å². The molecule has 0 aromatic heterocycles. The average Bonchev–Trinajstić information content (AvgIpc) is 2.44. The van der Waals surface area contributed by atoms with Crippen LogP contribution < -0.4 is 5.32 Å². The number of amides is 2. The van der Waals surface area contributed by atoms with Gasteiger partial charge in [-0.3, -0.25) is 0 Å². The molecule has 0 unspecified atom stereocenters. The molecule has 6 heteroatoms. The molecule has 0 fully saturated rings. The van der Waals surface area contributed by atoms with Crippen LogP contribution in [0, 0.1) is 17.5 Å². The highest BCUT2D eigenvalue weighted by Gasteiger charge is 2.12. The molecule has 3 nitrogen and oxygen atoms in total. The lowest BCUT2D eigenvalue weighted by atomic mass is 10.2. The van der Waals surface area contributed by atoms with E-state index in [4.69, 9.17) is 0 Å². The zero-order valence-corrected chi connectivity index (χ0v) is 11.2. The molecule has 0 heterocycles. The maximum atomic E-state index is 13.5. The number of halogens is 3. The zero-order chi connectivity index (χ0) is 15.4. The predicted molar refractivity (Wildman–Crippen MR) is 73.2 cm³/mol.